The van der Waals surface area contributed by atoms with Crippen LogP contribution in [0.25, 0.3) is 22.4 Å². The molecule has 2 heterocycles. The number of halogens is 2. The number of nitrogens with zero attached hydrogens (tertiary/aromatic N) is 3. The first kappa shape index (κ1) is 19.1. The van der Waals surface area contributed by atoms with Gasteiger partial charge in [0.05, 0.1) is 4.53 Å². The maximum Gasteiger partial charge on any atom is 0.291 e. The highest BCUT2D eigenvalue weighted by Gasteiger charge is 2.16. The highest BCUT2D eigenvalue weighted by atomic mass is 35.5. The van der Waals surface area contributed by atoms with E-state index in [4.69, 9.17) is 23.2 Å². The molecule has 2 aromatic heterocycles. The van der Waals surface area contributed by atoms with Crippen molar-refractivity contribution in [2.24, 2.45) is 0 Å². The molecule has 0 radical (unpaired) electrons. The summed E-state index contributed by atoms with van der Waals surface area (Å²) < 4.78 is 1.81. The van der Waals surface area contributed by atoms with E-state index >= 15 is 0 Å². The lowest BCUT2D eigenvalue weighted by atomic mass is 9.87. The molecule has 142 valence electrons. The summed E-state index contributed by atoms with van der Waals surface area (Å²) in [5, 5.41) is 5.38. The van der Waals surface area contributed by atoms with Gasteiger partial charge in [-0.25, -0.2) is 0 Å². The molecule has 0 aliphatic heterocycles. The summed E-state index contributed by atoms with van der Waals surface area (Å²) in [6, 6.07) is 13.4. The molecular formula is C21H17Cl2N3OS. The standard InChI is InChI=1S/C21H17Cl2N3OS/c1-21(2,3)13-9-7-12(8-10-13)18-24-20-26(25-18)19(27)17(28-20)11-14-15(22)5-4-6-16(14)23/h4-11H,1-3H3/b17-11-. The molecule has 0 amide bonds. The summed E-state index contributed by atoms with van der Waals surface area (Å²) >= 11 is 13.7. The van der Waals surface area contributed by atoms with E-state index < -0.39 is 0 Å². The average molecular weight is 430 g/mol. The zero-order chi connectivity index (χ0) is 20.1. The Kier molecular flexibility index (Phi) is 4.78. The molecule has 7 heteroatoms. The van der Waals surface area contributed by atoms with E-state index in [0.29, 0.717) is 30.9 Å². The van der Waals surface area contributed by atoms with Gasteiger partial charge < -0.3 is 0 Å². The Morgan fingerprint density at radius 3 is 2.25 bits per heavy atom. The normalized spacial score (nSPS) is 12.8. The summed E-state index contributed by atoms with van der Waals surface area (Å²) in [6.07, 6.45) is 1.69. The maximum absolute atomic E-state index is 12.7. The highest BCUT2D eigenvalue weighted by molar-refractivity contribution is 7.15. The third kappa shape index (κ3) is 3.46. The molecule has 0 N–H and O–H groups in total. The van der Waals surface area contributed by atoms with Gasteiger partial charge in [-0.15, -0.1) is 5.10 Å². The third-order valence-corrected chi connectivity index (χ3v) is 6.08. The number of thiazole rings is 1. The predicted molar refractivity (Wildman–Crippen MR) is 117 cm³/mol. The number of aromatic nitrogens is 3. The molecule has 4 nitrogen and oxygen atoms in total. The van der Waals surface area contributed by atoms with E-state index in [1.807, 2.05) is 12.1 Å². The molecule has 0 saturated heterocycles. The van der Waals surface area contributed by atoms with E-state index in [1.54, 1.807) is 24.3 Å². The fraction of sp³-hybridized carbons (Fsp3) is 0.190. The average Bonchev–Trinajstić information content (AvgIpc) is 3.17. The Morgan fingerprint density at radius 2 is 1.68 bits per heavy atom. The predicted octanol–water partition coefficient (Wildman–Crippen LogP) is 4.97. The van der Waals surface area contributed by atoms with Gasteiger partial charge in [-0.05, 0) is 29.2 Å². The van der Waals surface area contributed by atoms with Crippen molar-refractivity contribution in [2.75, 3.05) is 0 Å². The second kappa shape index (κ2) is 6.99. The smallest absolute Gasteiger partial charge is 0.266 e. The van der Waals surface area contributed by atoms with Crippen LogP contribution in [0.3, 0.4) is 0 Å². The number of rotatable bonds is 2. The van der Waals surface area contributed by atoms with Gasteiger partial charge in [0.2, 0.25) is 4.96 Å². The first-order valence-electron chi connectivity index (χ1n) is 8.70. The second-order valence-corrected chi connectivity index (χ2v) is 9.33. The minimum Gasteiger partial charge on any atom is -0.266 e. The fourth-order valence-corrected chi connectivity index (χ4v) is 4.25. The van der Waals surface area contributed by atoms with E-state index in [-0.39, 0.29) is 11.0 Å². The lowest BCUT2D eigenvalue weighted by Crippen LogP contribution is -2.23. The van der Waals surface area contributed by atoms with Crippen LogP contribution in [0.4, 0.5) is 0 Å². The fourth-order valence-electron chi connectivity index (χ4n) is 2.86. The van der Waals surface area contributed by atoms with Gasteiger partial charge in [-0.2, -0.15) is 9.50 Å². The first-order valence-corrected chi connectivity index (χ1v) is 10.3. The molecule has 28 heavy (non-hydrogen) atoms. The SMILES string of the molecule is CC(C)(C)c1ccc(-c2nc3s/c(=C\c4c(Cl)cccc4Cl)c(=O)n3n2)cc1. The van der Waals surface area contributed by atoms with Crippen LogP contribution in [0, 0.1) is 0 Å². The van der Waals surface area contributed by atoms with Crippen LogP contribution in [-0.4, -0.2) is 14.6 Å². The molecule has 0 saturated carbocycles. The Morgan fingerprint density at radius 1 is 1.04 bits per heavy atom. The lowest BCUT2D eigenvalue weighted by molar-refractivity contribution is 0.590. The number of hydrogen-bond donors (Lipinski definition) is 0. The topological polar surface area (TPSA) is 47.3 Å². The molecule has 0 atom stereocenters. The molecule has 2 aromatic carbocycles. The maximum atomic E-state index is 12.7. The van der Waals surface area contributed by atoms with Crippen LogP contribution < -0.4 is 10.1 Å². The Hall–Kier alpha value is -2.21. The van der Waals surface area contributed by atoms with Crippen molar-refractivity contribution in [3.63, 3.8) is 0 Å². The molecule has 4 aromatic rings. The van der Waals surface area contributed by atoms with Crippen LogP contribution in [0.5, 0.6) is 0 Å². The van der Waals surface area contributed by atoms with Crippen molar-refractivity contribution in [3.05, 3.63) is 78.5 Å². The van der Waals surface area contributed by atoms with Gasteiger partial charge in [-0.3, -0.25) is 4.79 Å². The van der Waals surface area contributed by atoms with Crippen LogP contribution >= 0.6 is 34.5 Å². The van der Waals surface area contributed by atoms with Gasteiger partial charge in [0, 0.05) is 21.2 Å². The van der Waals surface area contributed by atoms with Crippen molar-refractivity contribution in [1.82, 2.24) is 14.6 Å². The number of benzene rings is 2. The van der Waals surface area contributed by atoms with Crippen molar-refractivity contribution in [3.8, 4) is 11.4 Å². The monoisotopic (exact) mass is 429 g/mol. The number of hydrogen-bond acceptors (Lipinski definition) is 4. The quantitative estimate of drug-likeness (QED) is 0.451. The van der Waals surface area contributed by atoms with Crippen molar-refractivity contribution in [1.29, 1.82) is 0 Å². The molecular weight excluding hydrogens is 413 g/mol. The van der Waals surface area contributed by atoms with Crippen LogP contribution in [0.15, 0.2) is 47.3 Å². The Labute approximate surface area is 176 Å². The van der Waals surface area contributed by atoms with Crippen LogP contribution in [0.2, 0.25) is 10.0 Å². The molecule has 0 aliphatic carbocycles. The van der Waals surface area contributed by atoms with Crippen molar-refractivity contribution >= 4 is 45.6 Å². The zero-order valence-electron chi connectivity index (χ0n) is 15.5. The minimum atomic E-state index is -0.235. The number of fused-ring (bicyclic) bond motifs is 1. The van der Waals surface area contributed by atoms with E-state index in [0.717, 1.165) is 5.56 Å². The second-order valence-electron chi connectivity index (χ2n) is 7.51. The van der Waals surface area contributed by atoms with Crippen molar-refractivity contribution < 1.29 is 0 Å². The van der Waals surface area contributed by atoms with E-state index in [9.17, 15) is 4.79 Å². The molecule has 4 rings (SSSR count). The summed E-state index contributed by atoms with van der Waals surface area (Å²) in [4.78, 5) is 17.8. The molecule has 0 fully saturated rings. The van der Waals surface area contributed by atoms with Crippen molar-refractivity contribution in [2.45, 2.75) is 26.2 Å². The van der Waals surface area contributed by atoms with Gasteiger partial charge >= 0.3 is 0 Å². The summed E-state index contributed by atoms with van der Waals surface area (Å²) in [5.41, 5.74) is 2.57. The molecule has 0 spiro atoms. The third-order valence-electron chi connectivity index (χ3n) is 4.47. The Bertz CT molecular complexity index is 1260. The first-order chi connectivity index (χ1) is 13.2. The summed E-state index contributed by atoms with van der Waals surface area (Å²) in [6.45, 7) is 6.50. The lowest BCUT2D eigenvalue weighted by Gasteiger charge is -2.18. The van der Waals surface area contributed by atoms with Crippen LogP contribution in [0.1, 0.15) is 31.9 Å². The van der Waals surface area contributed by atoms with Crippen LogP contribution in [-0.2, 0) is 5.41 Å². The van der Waals surface area contributed by atoms with Gasteiger partial charge in [-0.1, -0.05) is 85.6 Å². The van der Waals surface area contributed by atoms with Gasteiger partial charge in [0.1, 0.15) is 0 Å². The zero-order valence-corrected chi connectivity index (χ0v) is 17.9. The highest BCUT2D eigenvalue weighted by Crippen LogP contribution is 2.26. The molecule has 0 aliphatic rings. The molecule has 0 bridgehead atoms. The Balaban J connectivity index is 1.77. The van der Waals surface area contributed by atoms with E-state index in [2.05, 4.69) is 43.0 Å². The summed E-state index contributed by atoms with van der Waals surface area (Å²) in [7, 11) is 0. The molecule has 0 unspecified atom stereocenters. The van der Waals surface area contributed by atoms with Gasteiger partial charge in [0.15, 0.2) is 5.82 Å². The van der Waals surface area contributed by atoms with Gasteiger partial charge in [0.25, 0.3) is 5.56 Å². The minimum absolute atomic E-state index is 0.0768. The largest absolute Gasteiger partial charge is 0.291 e. The summed E-state index contributed by atoms with van der Waals surface area (Å²) in [5.74, 6) is 0.533. The van der Waals surface area contributed by atoms with E-state index in [1.165, 1.54) is 21.4 Å².